The number of thioether (sulfide) groups is 1. The zero-order valence-corrected chi connectivity index (χ0v) is 15.3. The second-order valence-electron chi connectivity index (χ2n) is 5.48. The maximum Gasteiger partial charge on any atom is 0.235 e. The summed E-state index contributed by atoms with van der Waals surface area (Å²) in [5.74, 6) is 1.73. The fourth-order valence-corrected chi connectivity index (χ4v) is 3.28. The summed E-state index contributed by atoms with van der Waals surface area (Å²) < 4.78 is 10.3. The highest BCUT2D eigenvalue weighted by Crippen LogP contribution is 2.26. The lowest BCUT2D eigenvalue weighted by atomic mass is 10.2. The fraction of sp³-hybridized carbons (Fsp3) is 0.316. The highest BCUT2D eigenvalue weighted by molar-refractivity contribution is 8.00. The van der Waals surface area contributed by atoms with Crippen molar-refractivity contribution in [2.45, 2.75) is 23.6 Å². The summed E-state index contributed by atoms with van der Waals surface area (Å²) in [5.41, 5.74) is 1.08. The van der Waals surface area contributed by atoms with E-state index in [4.69, 9.17) is 9.47 Å². The minimum Gasteiger partial charge on any atom is -0.497 e. The molecule has 0 aliphatic heterocycles. The van der Waals surface area contributed by atoms with Crippen molar-refractivity contribution in [1.29, 1.82) is 0 Å². The normalized spacial score (nSPS) is 11.7. The van der Waals surface area contributed by atoms with Crippen molar-refractivity contribution in [3.63, 3.8) is 0 Å². The van der Waals surface area contributed by atoms with Crippen molar-refractivity contribution in [2.24, 2.45) is 0 Å². The van der Waals surface area contributed by atoms with Gasteiger partial charge in [0.15, 0.2) is 0 Å². The number of hydrogen-bond acceptors (Lipinski definition) is 4. The van der Waals surface area contributed by atoms with Crippen molar-refractivity contribution in [2.75, 3.05) is 21.3 Å². The second-order valence-corrected chi connectivity index (χ2v) is 6.89. The maximum absolute atomic E-state index is 12.6. The van der Waals surface area contributed by atoms with Crippen molar-refractivity contribution >= 4 is 17.7 Å². The number of rotatable bonds is 7. The highest BCUT2D eigenvalue weighted by Gasteiger charge is 2.19. The molecule has 0 heterocycles. The Bertz CT molecular complexity index is 598. The van der Waals surface area contributed by atoms with Crippen molar-refractivity contribution in [3.05, 3.63) is 54.1 Å². The number of methoxy groups -OCH3 is 2. The number of benzene rings is 2. The van der Waals surface area contributed by atoms with Crippen LogP contribution in [0.25, 0.3) is 0 Å². The van der Waals surface area contributed by atoms with E-state index in [1.807, 2.05) is 62.5 Å². The van der Waals surface area contributed by atoms with Gasteiger partial charge in [0.2, 0.25) is 5.91 Å². The van der Waals surface area contributed by atoms with E-state index in [1.54, 1.807) is 30.9 Å². The Morgan fingerprint density at radius 2 is 1.50 bits per heavy atom. The molecule has 0 aromatic heterocycles. The van der Waals surface area contributed by atoms with Gasteiger partial charge in [0.05, 0.1) is 19.5 Å². The van der Waals surface area contributed by atoms with E-state index in [-0.39, 0.29) is 11.2 Å². The van der Waals surface area contributed by atoms with Crippen LogP contribution in [0.1, 0.15) is 12.5 Å². The molecule has 0 unspecified atom stereocenters. The lowest BCUT2D eigenvalue weighted by molar-refractivity contribution is -0.129. The summed E-state index contributed by atoms with van der Waals surface area (Å²) in [6.07, 6.45) is 0. The summed E-state index contributed by atoms with van der Waals surface area (Å²) in [6.45, 7) is 2.51. The molecule has 1 amide bonds. The molecule has 4 nitrogen and oxygen atoms in total. The minimum atomic E-state index is -0.151. The number of hydrogen-bond donors (Lipinski definition) is 0. The van der Waals surface area contributed by atoms with Gasteiger partial charge in [0.25, 0.3) is 0 Å². The molecule has 0 aliphatic rings. The molecule has 0 aliphatic carbocycles. The third kappa shape index (κ3) is 4.93. The first kappa shape index (κ1) is 18.2. The lowest BCUT2D eigenvalue weighted by Crippen LogP contribution is -2.32. The molecule has 0 bridgehead atoms. The quantitative estimate of drug-likeness (QED) is 0.715. The zero-order valence-electron chi connectivity index (χ0n) is 14.5. The molecule has 2 aromatic rings. The van der Waals surface area contributed by atoms with Crippen LogP contribution in [0.2, 0.25) is 0 Å². The molecule has 2 rings (SSSR count). The summed E-state index contributed by atoms with van der Waals surface area (Å²) in [7, 11) is 5.11. The summed E-state index contributed by atoms with van der Waals surface area (Å²) >= 11 is 1.55. The predicted octanol–water partition coefficient (Wildman–Crippen LogP) is 3.84. The Morgan fingerprint density at radius 1 is 1.00 bits per heavy atom. The number of amides is 1. The summed E-state index contributed by atoms with van der Waals surface area (Å²) in [5, 5.41) is -0.151. The first-order valence-electron chi connectivity index (χ1n) is 7.72. The van der Waals surface area contributed by atoms with Crippen LogP contribution in [0.5, 0.6) is 11.5 Å². The van der Waals surface area contributed by atoms with Gasteiger partial charge in [-0.15, -0.1) is 11.8 Å². The lowest BCUT2D eigenvalue weighted by Gasteiger charge is -2.21. The molecule has 0 saturated carbocycles. The van der Waals surface area contributed by atoms with Crippen molar-refractivity contribution in [1.82, 2.24) is 4.90 Å². The topological polar surface area (TPSA) is 38.8 Å². The van der Waals surface area contributed by atoms with Crippen LogP contribution in [-0.4, -0.2) is 37.3 Å². The largest absolute Gasteiger partial charge is 0.497 e. The maximum atomic E-state index is 12.6. The van der Waals surface area contributed by atoms with Gasteiger partial charge in [0, 0.05) is 18.5 Å². The van der Waals surface area contributed by atoms with E-state index in [1.165, 1.54) is 0 Å². The number of ether oxygens (including phenoxy) is 2. The molecule has 24 heavy (non-hydrogen) atoms. The van der Waals surface area contributed by atoms with Crippen LogP contribution in [0.3, 0.4) is 0 Å². The first-order valence-corrected chi connectivity index (χ1v) is 8.60. The van der Waals surface area contributed by atoms with Gasteiger partial charge in [-0.05, 0) is 48.9 Å². The average molecular weight is 345 g/mol. The fourth-order valence-electron chi connectivity index (χ4n) is 2.30. The number of carbonyl (C=O) groups is 1. The van der Waals surface area contributed by atoms with Crippen LogP contribution in [-0.2, 0) is 11.3 Å². The van der Waals surface area contributed by atoms with Crippen molar-refractivity contribution in [3.8, 4) is 11.5 Å². The number of nitrogens with zero attached hydrogens (tertiary/aromatic N) is 1. The molecule has 0 fully saturated rings. The van der Waals surface area contributed by atoms with Gasteiger partial charge < -0.3 is 14.4 Å². The Labute approximate surface area is 147 Å². The summed E-state index contributed by atoms with van der Waals surface area (Å²) in [4.78, 5) is 15.4. The molecular weight excluding hydrogens is 322 g/mol. The van der Waals surface area contributed by atoms with Crippen LogP contribution in [0.4, 0.5) is 0 Å². The van der Waals surface area contributed by atoms with Gasteiger partial charge in [-0.25, -0.2) is 0 Å². The molecule has 0 saturated heterocycles. The van der Waals surface area contributed by atoms with Crippen LogP contribution >= 0.6 is 11.8 Å². The average Bonchev–Trinajstić information content (AvgIpc) is 2.62. The standard InChI is InChI=1S/C19H23NO3S/c1-14(24-18-11-9-17(23-4)10-12-18)19(21)20(2)13-15-5-7-16(22-3)8-6-15/h5-12,14H,13H2,1-4H3/t14-/m1/s1. The molecule has 5 heteroatoms. The minimum absolute atomic E-state index is 0.103. The molecule has 0 radical (unpaired) electrons. The molecule has 0 N–H and O–H groups in total. The molecule has 128 valence electrons. The molecule has 2 aromatic carbocycles. The van der Waals surface area contributed by atoms with Gasteiger partial charge >= 0.3 is 0 Å². The first-order chi connectivity index (χ1) is 11.5. The smallest absolute Gasteiger partial charge is 0.235 e. The van der Waals surface area contributed by atoms with E-state index in [0.717, 1.165) is 22.0 Å². The van der Waals surface area contributed by atoms with Gasteiger partial charge in [-0.3, -0.25) is 4.79 Å². The van der Waals surface area contributed by atoms with Crippen LogP contribution in [0.15, 0.2) is 53.4 Å². The Hall–Kier alpha value is -2.14. The predicted molar refractivity (Wildman–Crippen MR) is 97.8 cm³/mol. The third-order valence-electron chi connectivity index (χ3n) is 3.68. The van der Waals surface area contributed by atoms with Crippen LogP contribution in [0, 0.1) is 0 Å². The van der Waals surface area contributed by atoms with E-state index in [0.29, 0.717) is 6.54 Å². The number of carbonyl (C=O) groups excluding carboxylic acids is 1. The van der Waals surface area contributed by atoms with E-state index < -0.39 is 0 Å². The molecule has 0 spiro atoms. The van der Waals surface area contributed by atoms with E-state index >= 15 is 0 Å². The SMILES string of the molecule is COc1ccc(CN(C)C(=O)[C@@H](C)Sc2ccc(OC)cc2)cc1. The third-order valence-corrected chi connectivity index (χ3v) is 4.77. The monoisotopic (exact) mass is 345 g/mol. The Kier molecular flexibility index (Phi) is 6.55. The zero-order chi connectivity index (χ0) is 17.5. The highest BCUT2D eigenvalue weighted by atomic mass is 32.2. The molecule has 1 atom stereocenters. The van der Waals surface area contributed by atoms with E-state index in [9.17, 15) is 4.79 Å². The van der Waals surface area contributed by atoms with Crippen LogP contribution < -0.4 is 9.47 Å². The van der Waals surface area contributed by atoms with Crippen molar-refractivity contribution < 1.29 is 14.3 Å². The second kappa shape index (κ2) is 8.64. The Morgan fingerprint density at radius 3 is 2.00 bits per heavy atom. The van der Waals surface area contributed by atoms with Gasteiger partial charge in [-0.1, -0.05) is 12.1 Å². The van der Waals surface area contributed by atoms with E-state index in [2.05, 4.69) is 0 Å². The Balaban J connectivity index is 1.92. The van der Waals surface area contributed by atoms with Gasteiger partial charge in [-0.2, -0.15) is 0 Å². The molecular formula is C19H23NO3S. The summed E-state index contributed by atoms with van der Waals surface area (Å²) in [6, 6.07) is 15.5. The van der Waals surface area contributed by atoms with Gasteiger partial charge in [0.1, 0.15) is 11.5 Å².